The van der Waals surface area contributed by atoms with Crippen molar-refractivity contribution in [3.8, 4) is 11.3 Å². The number of carbonyl (C=O) groups excluding carboxylic acids is 1. The highest BCUT2D eigenvalue weighted by molar-refractivity contribution is 9.10. The van der Waals surface area contributed by atoms with E-state index < -0.39 is 0 Å². The fraction of sp³-hybridized carbons (Fsp3) is 0. The minimum absolute atomic E-state index is 0.176. The number of aromatic nitrogens is 2. The van der Waals surface area contributed by atoms with E-state index >= 15 is 0 Å². The molecule has 5 heteroatoms. The first-order chi connectivity index (χ1) is 14.2. The number of benzene rings is 3. The molecule has 1 N–H and O–H groups in total. The molecule has 5 rings (SSSR count). The summed E-state index contributed by atoms with van der Waals surface area (Å²) in [6, 6.07) is 27.5. The first-order valence-electron chi connectivity index (χ1n) is 9.22. The van der Waals surface area contributed by atoms with Gasteiger partial charge in [0.05, 0.1) is 0 Å². The van der Waals surface area contributed by atoms with Gasteiger partial charge in [-0.25, -0.2) is 4.98 Å². The van der Waals surface area contributed by atoms with Gasteiger partial charge >= 0.3 is 0 Å². The summed E-state index contributed by atoms with van der Waals surface area (Å²) in [5.41, 5.74) is 3.07. The van der Waals surface area contributed by atoms with Crippen molar-refractivity contribution in [1.82, 2.24) is 9.38 Å². The molecule has 29 heavy (non-hydrogen) atoms. The number of rotatable bonds is 3. The Hall–Kier alpha value is -3.44. The zero-order valence-corrected chi connectivity index (χ0v) is 16.9. The van der Waals surface area contributed by atoms with Crippen molar-refractivity contribution in [2.45, 2.75) is 0 Å². The molecule has 0 unspecified atom stereocenters. The molecule has 1 amide bonds. The SMILES string of the molecule is O=C(Nc1c(-c2ccc3ccccc3c2)nc2ccccn12)c1ccc(Br)cc1. The predicted molar refractivity (Wildman–Crippen MR) is 120 cm³/mol. The molecule has 2 aromatic heterocycles. The topological polar surface area (TPSA) is 46.4 Å². The molecule has 0 radical (unpaired) electrons. The molecule has 0 bridgehead atoms. The third kappa shape index (κ3) is 3.30. The number of nitrogens with one attached hydrogen (secondary N) is 1. The Morgan fingerprint density at radius 1 is 0.862 bits per heavy atom. The smallest absolute Gasteiger partial charge is 0.256 e. The van der Waals surface area contributed by atoms with E-state index in [0.717, 1.165) is 26.8 Å². The Kier molecular flexibility index (Phi) is 4.37. The molecule has 0 saturated carbocycles. The average Bonchev–Trinajstić information content (AvgIpc) is 3.12. The van der Waals surface area contributed by atoms with Crippen molar-refractivity contribution in [2.75, 3.05) is 5.32 Å². The molecule has 0 aliphatic heterocycles. The molecule has 140 valence electrons. The van der Waals surface area contributed by atoms with Crippen LogP contribution in [0.5, 0.6) is 0 Å². The van der Waals surface area contributed by atoms with E-state index in [2.05, 4.69) is 45.5 Å². The second kappa shape index (κ2) is 7.18. The lowest BCUT2D eigenvalue weighted by molar-refractivity contribution is 0.102. The van der Waals surface area contributed by atoms with E-state index in [1.54, 1.807) is 12.1 Å². The van der Waals surface area contributed by atoms with Crippen LogP contribution in [0.2, 0.25) is 0 Å². The van der Waals surface area contributed by atoms with Gasteiger partial charge in [-0.05, 0) is 53.2 Å². The van der Waals surface area contributed by atoms with Crippen molar-refractivity contribution < 1.29 is 4.79 Å². The summed E-state index contributed by atoms with van der Waals surface area (Å²) >= 11 is 3.40. The number of halogens is 1. The minimum atomic E-state index is -0.176. The number of fused-ring (bicyclic) bond motifs is 2. The summed E-state index contributed by atoms with van der Waals surface area (Å²) in [4.78, 5) is 17.7. The number of carbonyl (C=O) groups is 1. The zero-order chi connectivity index (χ0) is 19.8. The highest BCUT2D eigenvalue weighted by Crippen LogP contribution is 2.31. The van der Waals surface area contributed by atoms with E-state index in [1.165, 1.54) is 5.39 Å². The standard InChI is InChI=1S/C24H16BrN3O/c25-20-12-10-17(11-13-20)24(29)27-23-22(26-21-7-3-4-14-28(21)23)19-9-8-16-5-1-2-6-18(16)15-19/h1-15H,(H,27,29). The first-order valence-corrected chi connectivity index (χ1v) is 10.0. The number of hydrogen-bond donors (Lipinski definition) is 1. The molecule has 0 saturated heterocycles. The molecule has 0 aliphatic carbocycles. The fourth-order valence-corrected chi connectivity index (χ4v) is 3.70. The molecule has 5 aromatic rings. The molecule has 0 spiro atoms. The molecule has 2 heterocycles. The molecular formula is C24H16BrN3O. The van der Waals surface area contributed by atoms with Crippen LogP contribution in [0.4, 0.5) is 5.82 Å². The highest BCUT2D eigenvalue weighted by Gasteiger charge is 2.17. The van der Waals surface area contributed by atoms with Gasteiger partial charge in [-0.15, -0.1) is 0 Å². The van der Waals surface area contributed by atoms with Gasteiger partial charge in [0, 0.05) is 21.8 Å². The molecule has 3 aromatic carbocycles. The Labute approximate surface area is 176 Å². The van der Waals surface area contributed by atoms with Crippen LogP contribution < -0.4 is 5.32 Å². The van der Waals surface area contributed by atoms with Gasteiger partial charge in [-0.3, -0.25) is 9.20 Å². The van der Waals surface area contributed by atoms with Crippen LogP contribution in [0, 0.1) is 0 Å². The maximum atomic E-state index is 12.9. The Bertz CT molecular complexity index is 1360. The monoisotopic (exact) mass is 441 g/mol. The van der Waals surface area contributed by atoms with Crippen LogP contribution in [-0.2, 0) is 0 Å². The third-order valence-corrected chi connectivity index (χ3v) is 5.42. The number of pyridine rings is 1. The van der Waals surface area contributed by atoms with Crippen LogP contribution in [0.3, 0.4) is 0 Å². The number of imidazole rings is 1. The quantitative estimate of drug-likeness (QED) is 0.363. The fourth-order valence-electron chi connectivity index (χ4n) is 3.43. The molecular weight excluding hydrogens is 426 g/mol. The molecule has 0 aliphatic rings. The highest BCUT2D eigenvalue weighted by atomic mass is 79.9. The van der Waals surface area contributed by atoms with Crippen LogP contribution in [0.1, 0.15) is 10.4 Å². The lowest BCUT2D eigenvalue weighted by Gasteiger charge is -2.09. The van der Waals surface area contributed by atoms with E-state index in [4.69, 9.17) is 4.98 Å². The van der Waals surface area contributed by atoms with E-state index in [9.17, 15) is 4.79 Å². The Morgan fingerprint density at radius 2 is 1.62 bits per heavy atom. The van der Waals surface area contributed by atoms with Crippen molar-refractivity contribution in [3.63, 3.8) is 0 Å². The second-order valence-electron chi connectivity index (χ2n) is 6.76. The van der Waals surface area contributed by atoms with Crippen LogP contribution >= 0.6 is 15.9 Å². The van der Waals surface area contributed by atoms with Crippen molar-refractivity contribution in [3.05, 3.63) is 101 Å². The largest absolute Gasteiger partial charge is 0.306 e. The average molecular weight is 442 g/mol. The number of nitrogens with zero attached hydrogens (tertiary/aromatic N) is 2. The maximum Gasteiger partial charge on any atom is 0.256 e. The molecule has 0 fully saturated rings. The Morgan fingerprint density at radius 3 is 2.45 bits per heavy atom. The van der Waals surface area contributed by atoms with E-state index in [0.29, 0.717) is 11.4 Å². The normalized spacial score (nSPS) is 11.1. The summed E-state index contributed by atoms with van der Waals surface area (Å²) in [5.74, 6) is 0.481. The summed E-state index contributed by atoms with van der Waals surface area (Å²) < 4.78 is 2.84. The van der Waals surface area contributed by atoms with E-state index in [1.807, 2.05) is 59.1 Å². The van der Waals surface area contributed by atoms with Gasteiger partial charge in [-0.2, -0.15) is 0 Å². The predicted octanol–water partition coefficient (Wildman–Crippen LogP) is 6.17. The van der Waals surface area contributed by atoms with Crippen LogP contribution in [-0.4, -0.2) is 15.3 Å². The van der Waals surface area contributed by atoms with Gasteiger partial charge in [0.1, 0.15) is 17.2 Å². The van der Waals surface area contributed by atoms with Crippen molar-refractivity contribution in [2.24, 2.45) is 0 Å². The summed E-state index contributed by atoms with van der Waals surface area (Å²) in [6.07, 6.45) is 1.91. The van der Waals surface area contributed by atoms with E-state index in [-0.39, 0.29) is 5.91 Å². The summed E-state index contributed by atoms with van der Waals surface area (Å²) in [6.45, 7) is 0. The summed E-state index contributed by atoms with van der Waals surface area (Å²) in [7, 11) is 0. The Balaban J connectivity index is 1.63. The zero-order valence-electron chi connectivity index (χ0n) is 15.3. The first kappa shape index (κ1) is 17.6. The molecule has 0 atom stereocenters. The lowest BCUT2D eigenvalue weighted by atomic mass is 10.1. The van der Waals surface area contributed by atoms with Gasteiger partial charge in [0.15, 0.2) is 0 Å². The number of anilines is 1. The second-order valence-corrected chi connectivity index (χ2v) is 7.68. The lowest BCUT2D eigenvalue weighted by Crippen LogP contribution is -2.14. The van der Waals surface area contributed by atoms with Crippen LogP contribution in [0.25, 0.3) is 27.7 Å². The maximum absolute atomic E-state index is 12.9. The minimum Gasteiger partial charge on any atom is -0.306 e. The molecule has 4 nitrogen and oxygen atoms in total. The van der Waals surface area contributed by atoms with Crippen molar-refractivity contribution in [1.29, 1.82) is 0 Å². The van der Waals surface area contributed by atoms with Crippen LogP contribution in [0.15, 0.2) is 95.6 Å². The third-order valence-electron chi connectivity index (χ3n) is 4.89. The summed E-state index contributed by atoms with van der Waals surface area (Å²) in [5, 5.41) is 5.36. The van der Waals surface area contributed by atoms with Crippen molar-refractivity contribution >= 4 is 44.1 Å². The van der Waals surface area contributed by atoms with Gasteiger partial charge < -0.3 is 5.32 Å². The van der Waals surface area contributed by atoms with Gasteiger partial charge in [-0.1, -0.05) is 58.4 Å². The van der Waals surface area contributed by atoms with Gasteiger partial charge in [0.2, 0.25) is 0 Å². The number of hydrogen-bond acceptors (Lipinski definition) is 2. The number of amides is 1. The van der Waals surface area contributed by atoms with Gasteiger partial charge in [0.25, 0.3) is 5.91 Å².